The minimum atomic E-state index is -1.80. The molecule has 3 nitrogen and oxygen atoms in total. The first-order valence-corrected chi connectivity index (χ1v) is 9.62. The maximum absolute atomic E-state index is 11.0. The first-order valence-electron chi connectivity index (χ1n) is 6.71. The molecule has 1 rings (SSSR count). The third-order valence-electron chi connectivity index (χ3n) is 3.67. The van der Waals surface area contributed by atoms with E-state index in [4.69, 9.17) is 4.43 Å². The highest BCUT2D eigenvalue weighted by atomic mass is 28.4. The van der Waals surface area contributed by atoms with Gasteiger partial charge in [-0.1, -0.05) is 32.9 Å². The standard InChI is InChI=1S/C16H24O3Si/c1-16(2,3)20(5,6)19-14-10-7-13(8-11-14)9-12-15(17)18-4/h7-12H,1-6H3/b12-9+. The normalized spacial score (nSPS) is 12.5. The molecule has 0 radical (unpaired) electrons. The number of ether oxygens (including phenoxy) is 1. The summed E-state index contributed by atoms with van der Waals surface area (Å²) in [6, 6.07) is 7.75. The molecule has 4 heteroatoms. The van der Waals surface area contributed by atoms with Crippen LogP contribution in [-0.4, -0.2) is 21.4 Å². The summed E-state index contributed by atoms with van der Waals surface area (Å²) in [6.45, 7) is 11.1. The van der Waals surface area contributed by atoms with Gasteiger partial charge >= 0.3 is 5.97 Å². The van der Waals surface area contributed by atoms with Crippen molar-refractivity contribution < 1.29 is 14.0 Å². The van der Waals surface area contributed by atoms with E-state index in [1.54, 1.807) is 6.08 Å². The van der Waals surface area contributed by atoms with Crippen molar-refractivity contribution >= 4 is 20.4 Å². The summed E-state index contributed by atoms with van der Waals surface area (Å²) in [4.78, 5) is 11.0. The van der Waals surface area contributed by atoms with Gasteiger partial charge in [0, 0.05) is 6.08 Å². The second kappa shape index (κ2) is 6.26. The molecular weight excluding hydrogens is 268 g/mol. The van der Waals surface area contributed by atoms with Crippen LogP contribution in [0.4, 0.5) is 0 Å². The molecule has 0 heterocycles. The number of rotatable bonds is 4. The summed E-state index contributed by atoms with van der Waals surface area (Å²) in [6.07, 6.45) is 3.13. The average Bonchev–Trinajstić information content (AvgIpc) is 2.35. The summed E-state index contributed by atoms with van der Waals surface area (Å²) in [5.74, 6) is 0.526. The highest BCUT2D eigenvalue weighted by Gasteiger charge is 2.38. The van der Waals surface area contributed by atoms with Crippen molar-refractivity contribution in [1.82, 2.24) is 0 Å². The Morgan fingerprint density at radius 3 is 2.15 bits per heavy atom. The largest absolute Gasteiger partial charge is 0.544 e. The molecule has 110 valence electrons. The van der Waals surface area contributed by atoms with Gasteiger partial charge in [0.2, 0.25) is 8.32 Å². The first kappa shape index (κ1) is 16.5. The van der Waals surface area contributed by atoms with Crippen LogP contribution in [0.5, 0.6) is 5.75 Å². The zero-order valence-electron chi connectivity index (χ0n) is 13.2. The Bertz CT molecular complexity index is 481. The molecule has 0 fully saturated rings. The first-order chi connectivity index (χ1) is 9.15. The Balaban J connectivity index is 2.78. The summed E-state index contributed by atoms with van der Waals surface area (Å²) in [5.41, 5.74) is 0.943. The SMILES string of the molecule is COC(=O)/C=C/c1ccc(O[Si](C)(C)C(C)(C)C)cc1. The van der Waals surface area contributed by atoms with Gasteiger partial charge in [-0.2, -0.15) is 0 Å². The fourth-order valence-electron chi connectivity index (χ4n) is 1.33. The lowest BCUT2D eigenvalue weighted by atomic mass is 10.2. The fourth-order valence-corrected chi connectivity index (χ4v) is 2.36. The van der Waals surface area contributed by atoms with Crippen molar-refractivity contribution in [3.05, 3.63) is 35.9 Å². The maximum atomic E-state index is 11.0. The average molecular weight is 292 g/mol. The molecule has 0 aromatic heterocycles. The molecule has 0 amide bonds. The molecule has 0 unspecified atom stereocenters. The maximum Gasteiger partial charge on any atom is 0.330 e. The number of esters is 1. The van der Waals surface area contributed by atoms with E-state index in [0.29, 0.717) is 0 Å². The minimum Gasteiger partial charge on any atom is -0.544 e. The molecule has 1 aromatic rings. The van der Waals surface area contributed by atoms with Gasteiger partial charge < -0.3 is 9.16 Å². The van der Waals surface area contributed by atoms with Crippen LogP contribution in [0.15, 0.2) is 30.3 Å². The highest BCUT2D eigenvalue weighted by Crippen LogP contribution is 2.37. The van der Waals surface area contributed by atoms with Crippen molar-refractivity contribution in [3.8, 4) is 5.75 Å². The van der Waals surface area contributed by atoms with Crippen LogP contribution in [0.1, 0.15) is 26.3 Å². The molecule has 0 bridgehead atoms. The van der Waals surface area contributed by atoms with Gasteiger partial charge in [0.25, 0.3) is 0 Å². The van der Waals surface area contributed by atoms with Crippen LogP contribution in [0.2, 0.25) is 18.1 Å². The van der Waals surface area contributed by atoms with Crippen molar-refractivity contribution in [2.45, 2.75) is 38.9 Å². The molecule has 1 aromatic carbocycles. The van der Waals surface area contributed by atoms with E-state index < -0.39 is 8.32 Å². The van der Waals surface area contributed by atoms with Crippen LogP contribution in [0.3, 0.4) is 0 Å². The monoisotopic (exact) mass is 292 g/mol. The Labute approximate surface area is 122 Å². The molecular formula is C16H24O3Si. The van der Waals surface area contributed by atoms with Gasteiger partial charge in [-0.15, -0.1) is 0 Å². The van der Waals surface area contributed by atoms with Gasteiger partial charge in [-0.3, -0.25) is 0 Å². The van der Waals surface area contributed by atoms with Crippen LogP contribution in [0.25, 0.3) is 6.08 Å². The molecule has 0 saturated carbocycles. The van der Waals surface area contributed by atoms with Crippen LogP contribution < -0.4 is 4.43 Å². The quantitative estimate of drug-likeness (QED) is 0.472. The Morgan fingerprint density at radius 1 is 1.15 bits per heavy atom. The van der Waals surface area contributed by atoms with E-state index in [9.17, 15) is 4.79 Å². The second-order valence-electron chi connectivity index (χ2n) is 6.29. The lowest BCUT2D eigenvalue weighted by Crippen LogP contribution is -2.43. The smallest absolute Gasteiger partial charge is 0.330 e. The minimum absolute atomic E-state index is 0.177. The van der Waals surface area contributed by atoms with Gasteiger partial charge in [0.15, 0.2) is 0 Å². The number of carbonyl (C=O) groups excluding carboxylic acids is 1. The van der Waals surface area contributed by atoms with Crippen molar-refractivity contribution in [2.24, 2.45) is 0 Å². The number of hydrogen-bond donors (Lipinski definition) is 0. The molecule has 20 heavy (non-hydrogen) atoms. The number of carbonyl (C=O) groups is 1. The number of hydrogen-bond acceptors (Lipinski definition) is 3. The van der Waals surface area contributed by atoms with Crippen molar-refractivity contribution in [3.63, 3.8) is 0 Å². The van der Waals surface area contributed by atoms with Gasteiger partial charge in [-0.25, -0.2) is 4.79 Å². The summed E-state index contributed by atoms with van der Waals surface area (Å²) in [7, 11) is -0.434. The van der Waals surface area contributed by atoms with Gasteiger partial charge in [0.05, 0.1) is 7.11 Å². The summed E-state index contributed by atoms with van der Waals surface area (Å²) in [5, 5.41) is 0.177. The molecule has 0 aliphatic heterocycles. The zero-order chi connectivity index (χ0) is 15.4. The third-order valence-corrected chi connectivity index (χ3v) is 8.03. The Hall–Kier alpha value is -1.55. The molecule has 0 atom stereocenters. The van der Waals surface area contributed by atoms with Crippen LogP contribution >= 0.6 is 0 Å². The van der Waals surface area contributed by atoms with E-state index in [1.807, 2.05) is 24.3 Å². The number of benzene rings is 1. The van der Waals surface area contributed by atoms with Crippen molar-refractivity contribution in [1.29, 1.82) is 0 Å². The van der Waals surface area contributed by atoms with E-state index in [1.165, 1.54) is 13.2 Å². The topological polar surface area (TPSA) is 35.5 Å². The lowest BCUT2D eigenvalue weighted by Gasteiger charge is -2.36. The predicted octanol–water partition coefficient (Wildman–Crippen LogP) is 4.26. The molecule has 0 aliphatic rings. The molecule has 0 saturated heterocycles. The number of methoxy groups -OCH3 is 1. The van der Waals surface area contributed by atoms with Gasteiger partial charge in [0.1, 0.15) is 5.75 Å². The van der Waals surface area contributed by atoms with Crippen LogP contribution in [0, 0.1) is 0 Å². The summed E-state index contributed by atoms with van der Waals surface area (Å²) >= 11 is 0. The Morgan fingerprint density at radius 2 is 1.70 bits per heavy atom. The van der Waals surface area contributed by atoms with E-state index >= 15 is 0 Å². The lowest BCUT2D eigenvalue weighted by molar-refractivity contribution is -0.134. The van der Waals surface area contributed by atoms with E-state index in [2.05, 4.69) is 38.6 Å². The molecule has 0 N–H and O–H groups in total. The highest BCUT2D eigenvalue weighted by molar-refractivity contribution is 6.74. The van der Waals surface area contributed by atoms with E-state index in [-0.39, 0.29) is 11.0 Å². The van der Waals surface area contributed by atoms with Crippen LogP contribution in [-0.2, 0) is 9.53 Å². The Kier molecular flexibility index (Phi) is 5.17. The zero-order valence-corrected chi connectivity index (χ0v) is 14.2. The van der Waals surface area contributed by atoms with E-state index in [0.717, 1.165) is 11.3 Å². The second-order valence-corrected chi connectivity index (χ2v) is 11.0. The summed E-state index contributed by atoms with van der Waals surface area (Å²) < 4.78 is 10.7. The molecule has 0 spiro atoms. The van der Waals surface area contributed by atoms with Gasteiger partial charge in [-0.05, 0) is 41.9 Å². The fraction of sp³-hybridized carbons (Fsp3) is 0.438. The van der Waals surface area contributed by atoms with Crippen molar-refractivity contribution in [2.75, 3.05) is 7.11 Å². The molecule has 0 aliphatic carbocycles. The third kappa shape index (κ3) is 4.53. The predicted molar refractivity (Wildman–Crippen MR) is 85.3 cm³/mol.